The van der Waals surface area contributed by atoms with Crippen LogP contribution in [-0.2, 0) is 6.54 Å². The number of amidine groups is 1. The summed E-state index contributed by atoms with van der Waals surface area (Å²) < 4.78 is 4.71. The smallest absolute Gasteiger partial charge is 0.236 e. The highest BCUT2D eigenvalue weighted by Crippen LogP contribution is 2.50. The van der Waals surface area contributed by atoms with Crippen molar-refractivity contribution in [1.29, 1.82) is 0 Å². The lowest BCUT2D eigenvalue weighted by atomic mass is 9.95. The summed E-state index contributed by atoms with van der Waals surface area (Å²) >= 11 is 1.87. The van der Waals surface area contributed by atoms with Gasteiger partial charge in [0.05, 0.1) is 17.6 Å². The summed E-state index contributed by atoms with van der Waals surface area (Å²) in [4.78, 5) is 15.3. The molecule has 0 saturated heterocycles. The molecule has 0 fully saturated rings. The van der Waals surface area contributed by atoms with Crippen LogP contribution in [0.15, 0.2) is 209 Å². The van der Waals surface area contributed by atoms with Crippen molar-refractivity contribution < 1.29 is 0 Å². The van der Waals surface area contributed by atoms with E-state index < -0.39 is 0 Å². The lowest BCUT2D eigenvalue weighted by Crippen LogP contribution is -2.13. The number of benzene rings is 9. The van der Waals surface area contributed by atoms with E-state index >= 15 is 0 Å². The molecule has 0 unspecified atom stereocenters. The number of hydrogen-bond acceptors (Lipinski definition) is 2. The fourth-order valence-electron chi connectivity index (χ4n) is 8.71. The van der Waals surface area contributed by atoms with Crippen LogP contribution in [0.4, 0.5) is 0 Å². The lowest BCUT2D eigenvalue weighted by Gasteiger charge is -2.11. The predicted molar refractivity (Wildman–Crippen MR) is 254 cm³/mol. The zero-order chi connectivity index (χ0) is 39.3. The molecule has 0 spiro atoms. The third-order valence-electron chi connectivity index (χ3n) is 11.4. The van der Waals surface area contributed by atoms with Crippen molar-refractivity contribution in [2.45, 2.75) is 6.54 Å². The van der Waals surface area contributed by atoms with Gasteiger partial charge in [0.1, 0.15) is 0 Å². The third kappa shape index (κ3) is 5.86. The fourth-order valence-corrected chi connectivity index (χ4v) is 10.1. The van der Waals surface area contributed by atoms with Crippen molar-refractivity contribution in [3.05, 3.63) is 205 Å². The van der Waals surface area contributed by atoms with Gasteiger partial charge in [0, 0.05) is 47.5 Å². The van der Waals surface area contributed by atoms with Crippen LogP contribution in [0.3, 0.4) is 0 Å². The van der Waals surface area contributed by atoms with Crippen molar-refractivity contribution >= 4 is 93.4 Å². The van der Waals surface area contributed by atoms with E-state index in [1.165, 1.54) is 52.8 Å². The number of aromatic nitrogens is 1. The summed E-state index contributed by atoms with van der Waals surface area (Å²) in [5, 5.41) is 9.55. The maximum Gasteiger partial charge on any atom is 0.236 e. The molecule has 0 aliphatic rings. The molecular weight excluding hydrogens is 737 g/mol. The normalized spacial score (nSPS) is 12.4. The van der Waals surface area contributed by atoms with E-state index in [0.29, 0.717) is 18.3 Å². The second-order valence-corrected chi connectivity index (χ2v) is 15.8. The molecule has 2 aromatic heterocycles. The Kier molecular flexibility index (Phi) is 8.53. The molecule has 2 heterocycles. The van der Waals surface area contributed by atoms with E-state index in [2.05, 4.69) is 169 Å². The summed E-state index contributed by atoms with van der Waals surface area (Å²) in [6, 6.07) is 68.7. The van der Waals surface area contributed by atoms with Crippen LogP contribution in [-0.4, -0.2) is 23.1 Å². The van der Waals surface area contributed by atoms with Crippen molar-refractivity contribution in [3.8, 4) is 22.3 Å². The molecule has 11 rings (SSSR count). The average Bonchev–Trinajstić information content (AvgIpc) is 3.86. The Morgan fingerprint density at radius 2 is 1.15 bits per heavy atom. The van der Waals surface area contributed by atoms with Gasteiger partial charge >= 0.3 is 0 Å². The second kappa shape index (κ2) is 14.5. The summed E-state index contributed by atoms with van der Waals surface area (Å²) in [7, 11) is 0. The Labute approximate surface area is 345 Å². The fraction of sp³-hybridized carbons (Fsp3) is 0.0185. The topological polar surface area (TPSA) is 42.0 Å². The molecule has 278 valence electrons. The first-order valence-corrected chi connectivity index (χ1v) is 20.6. The van der Waals surface area contributed by atoms with Gasteiger partial charge in [-0.3, -0.25) is 9.56 Å². The molecule has 0 bridgehead atoms. The Morgan fingerprint density at radius 1 is 0.508 bits per heavy atom. The Balaban J connectivity index is 1.28. The van der Waals surface area contributed by atoms with E-state index in [4.69, 9.17) is 15.0 Å². The highest BCUT2D eigenvalue weighted by Gasteiger charge is 2.25. The Hall–Kier alpha value is -7.47. The number of hydrogen-bond donors (Lipinski definition) is 0. The minimum absolute atomic E-state index is 0.467. The van der Waals surface area contributed by atoms with E-state index in [0.717, 1.165) is 44.1 Å². The number of aliphatic imine (C=N–C) groups is 3. The van der Waals surface area contributed by atoms with E-state index in [1.54, 1.807) is 0 Å². The van der Waals surface area contributed by atoms with Gasteiger partial charge in [0.2, 0.25) is 5.96 Å². The van der Waals surface area contributed by atoms with Gasteiger partial charge in [0.25, 0.3) is 0 Å². The van der Waals surface area contributed by atoms with E-state index in [1.807, 2.05) is 47.7 Å². The largest absolute Gasteiger partial charge is 0.277 e. The van der Waals surface area contributed by atoms with Gasteiger partial charge < -0.3 is 0 Å². The minimum Gasteiger partial charge on any atom is -0.277 e. The van der Waals surface area contributed by atoms with Gasteiger partial charge in [-0.25, -0.2) is 4.99 Å². The third-order valence-corrected chi connectivity index (χ3v) is 12.7. The summed E-state index contributed by atoms with van der Waals surface area (Å²) in [5.41, 5.74) is 8.84. The molecule has 0 saturated carbocycles. The number of fused-ring (bicyclic) bond motifs is 11. The number of rotatable bonds is 5. The van der Waals surface area contributed by atoms with Gasteiger partial charge in [0.15, 0.2) is 5.84 Å². The quantitative estimate of drug-likeness (QED) is 0.124. The van der Waals surface area contributed by atoms with Crippen LogP contribution in [0.2, 0.25) is 0 Å². The van der Waals surface area contributed by atoms with Gasteiger partial charge in [-0.1, -0.05) is 182 Å². The van der Waals surface area contributed by atoms with Crippen molar-refractivity contribution in [2.75, 3.05) is 0 Å². The summed E-state index contributed by atoms with van der Waals surface area (Å²) in [5.74, 6) is 1.06. The molecule has 0 aliphatic carbocycles. The monoisotopic (exact) mass is 772 g/mol. The van der Waals surface area contributed by atoms with Crippen molar-refractivity contribution in [1.82, 2.24) is 4.57 Å². The molecule has 0 amide bonds. The molecule has 11 aromatic rings. The van der Waals surface area contributed by atoms with Gasteiger partial charge in [-0.2, -0.15) is 4.99 Å². The standard InChI is InChI=1S/C54H36N4S/c1-55-54(57-53(38-22-9-4-10-23-38)56-34-35-17-5-2-6-18-35)58-47-32-31-39(36-19-7-3-8-20-36)33-46(47)48-42-26-13-14-27-44(42)52-49(50(48)58)45-30-16-29-43(51(45)59-52)41-28-15-24-37-21-11-12-25-40(37)41/h2-33H,1,34H2. The van der Waals surface area contributed by atoms with E-state index in [9.17, 15) is 0 Å². The number of thiophene rings is 1. The van der Waals surface area contributed by atoms with Crippen LogP contribution in [0.25, 0.3) is 85.8 Å². The Morgan fingerprint density at radius 3 is 1.95 bits per heavy atom. The summed E-state index contributed by atoms with van der Waals surface area (Å²) in [6.07, 6.45) is 0. The van der Waals surface area contributed by atoms with Crippen molar-refractivity contribution in [2.24, 2.45) is 15.0 Å². The zero-order valence-electron chi connectivity index (χ0n) is 32.1. The highest BCUT2D eigenvalue weighted by atomic mass is 32.1. The molecule has 0 aliphatic heterocycles. The predicted octanol–water partition coefficient (Wildman–Crippen LogP) is 14.4. The molecule has 59 heavy (non-hydrogen) atoms. The van der Waals surface area contributed by atoms with Crippen LogP contribution >= 0.6 is 11.3 Å². The molecule has 9 aromatic carbocycles. The first-order valence-electron chi connectivity index (χ1n) is 19.8. The Bertz CT molecular complexity index is 3460. The second-order valence-electron chi connectivity index (χ2n) is 14.8. The van der Waals surface area contributed by atoms with Crippen LogP contribution < -0.4 is 0 Å². The zero-order valence-corrected chi connectivity index (χ0v) is 32.9. The van der Waals surface area contributed by atoms with Gasteiger partial charge in [-0.05, 0) is 57.3 Å². The molecular formula is C54H36N4S. The first-order chi connectivity index (χ1) is 29.2. The van der Waals surface area contributed by atoms with E-state index in [-0.39, 0.29) is 0 Å². The minimum atomic E-state index is 0.467. The maximum atomic E-state index is 5.36. The molecule has 4 nitrogen and oxygen atoms in total. The molecule has 0 N–H and O–H groups in total. The average molecular weight is 773 g/mol. The van der Waals surface area contributed by atoms with Crippen molar-refractivity contribution in [3.63, 3.8) is 0 Å². The molecule has 5 heteroatoms. The highest BCUT2D eigenvalue weighted by molar-refractivity contribution is 7.27. The van der Waals surface area contributed by atoms with Gasteiger partial charge in [-0.15, -0.1) is 11.3 Å². The maximum absolute atomic E-state index is 5.36. The van der Waals surface area contributed by atoms with Crippen LogP contribution in [0.5, 0.6) is 0 Å². The SMILES string of the molecule is C=NC(=NC(=NCc1ccccc1)c1ccccc1)n1c2ccc(-c3ccccc3)cc2c2c3ccccc3c3sc4c(-c5cccc6ccccc56)cccc4c3c21. The first kappa shape index (κ1) is 34.8. The van der Waals surface area contributed by atoms with Crippen LogP contribution in [0, 0.1) is 0 Å². The summed E-state index contributed by atoms with van der Waals surface area (Å²) in [6.45, 7) is 4.66. The van der Waals surface area contributed by atoms with Crippen LogP contribution in [0.1, 0.15) is 11.1 Å². The molecule has 0 atom stereocenters. The lowest BCUT2D eigenvalue weighted by molar-refractivity contribution is 1.06. The molecule has 0 radical (unpaired) electrons. The number of nitrogens with zero attached hydrogens (tertiary/aromatic N) is 4.